The van der Waals surface area contributed by atoms with Gasteiger partial charge in [0.2, 0.25) is 0 Å². The lowest BCUT2D eigenvalue weighted by Crippen LogP contribution is -2.43. The normalized spacial score (nSPS) is 15.0. The number of rotatable bonds is 6. The Morgan fingerprint density at radius 3 is 2.41 bits per heavy atom. The van der Waals surface area contributed by atoms with Crippen LogP contribution in [0.3, 0.4) is 0 Å². The predicted octanol–water partition coefficient (Wildman–Crippen LogP) is 4.00. The number of aromatic nitrogens is 2. The molecule has 0 saturated carbocycles. The lowest BCUT2D eigenvalue weighted by Gasteiger charge is -2.32. The molecule has 11 heteroatoms. The summed E-state index contributed by atoms with van der Waals surface area (Å²) in [6.07, 6.45) is -3.08. The second-order valence-corrected chi connectivity index (χ2v) is 9.28. The van der Waals surface area contributed by atoms with Crippen LogP contribution in [0.25, 0.3) is 0 Å². The molecule has 2 N–H and O–H groups in total. The van der Waals surface area contributed by atoms with Crippen molar-refractivity contribution in [2.24, 2.45) is 7.05 Å². The number of aryl methyl sites for hydroxylation is 2. The molecule has 3 aromatic rings. The first-order valence-corrected chi connectivity index (χ1v) is 11.8. The maximum absolute atomic E-state index is 13.3. The van der Waals surface area contributed by atoms with Crippen molar-refractivity contribution in [3.05, 3.63) is 76.6 Å². The smallest absolute Gasteiger partial charge is 0.321 e. The van der Waals surface area contributed by atoms with E-state index >= 15 is 0 Å². The summed E-state index contributed by atoms with van der Waals surface area (Å²) in [5.41, 5.74) is 0.650. The van der Waals surface area contributed by atoms with Crippen molar-refractivity contribution in [2.45, 2.75) is 19.6 Å². The summed E-state index contributed by atoms with van der Waals surface area (Å²) >= 11 is 0. The van der Waals surface area contributed by atoms with E-state index in [0.717, 1.165) is 44.4 Å². The number of carbonyl (C=O) groups excluding carboxylic acids is 2. The first-order chi connectivity index (χ1) is 17.5. The van der Waals surface area contributed by atoms with Gasteiger partial charge in [0, 0.05) is 57.2 Å². The van der Waals surface area contributed by atoms with E-state index in [-0.39, 0.29) is 22.6 Å². The van der Waals surface area contributed by atoms with Gasteiger partial charge in [-0.15, -0.1) is 0 Å². The van der Waals surface area contributed by atoms with Crippen LogP contribution in [-0.4, -0.2) is 64.6 Å². The summed E-state index contributed by atoms with van der Waals surface area (Å²) in [7, 11) is 3.67. The highest BCUT2D eigenvalue weighted by atomic mass is 19.4. The molecule has 0 spiro atoms. The Bertz CT molecular complexity index is 1300. The summed E-state index contributed by atoms with van der Waals surface area (Å²) in [5.74, 6) is -1.16. The third kappa shape index (κ3) is 6.55. The van der Waals surface area contributed by atoms with Crippen LogP contribution < -0.4 is 10.6 Å². The molecule has 1 fully saturated rings. The number of nitrogens with zero attached hydrogens (tertiary/aromatic N) is 4. The Hall–Kier alpha value is -3.70. The fraction of sp³-hybridized carbons (Fsp3) is 0.346. The van der Waals surface area contributed by atoms with Gasteiger partial charge in [0.25, 0.3) is 11.8 Å². The Labute approximate surface area is 213 Å². The zero-order valence-electron chi connectivity index (χ0n) is 20.9. The number of likely N-dealkylation sites (N-methyl/N-ethyl adjacent to an activating group) is 1. The van der Waals surface area contributed by atoms with Gasteiger partial charge in [-0.05, 0) is 49.4 Å². The SMILES string of the molecule is Cc1ccc(NC(=O)c2nn(C)cc2NC(=O)c2cccc(CN3CCN(C)CC3)c2)cc1C(F)(F)F. The highest BCUT2D eigenvalue weighted by Gasteiger charge is 2.32. The van der Waals surface area contributed by atoms with E-state index in [9.17, 15) is 22.8 Å². The van der Waals surface area contributed by atoms with Crippen LogP contribution in [0.4, 0.5) is 24.5 Å². The average Bonchev–Trinajstić information content (AvgIpc) is 3.21. The lowest BCUT2D eigenvalue weighted by atomic mass is 10.1. The molecule has 0 aliphatic carbocycles. The van der Waals surface area contributed by atoms with E-state index in [1.165, 1.54) is 29.9 Å². The molecule has 1 aromatic heterocycles. The molecule has 0 atom stereocenters. The number of nitrogens with one attached hydrogen (secondary N) is 2. The summed E-state index contributed by atoms with van der Waals surface area (Å²) in [6.45, 7) is 5.96. The third-order valence-electron chi connectivity index (χ3n) is 6.28. The van der Waals surface area contributed by atoms with Crippen molar-refractivity contribution in [3.63, 3.8) is 0 Å². The number of hydrogen-bond donors (Lipinski definition) is 2. The summed E-state index contributed by atoms with van der Waals surface area (Å²) in [6, 6.07) is 10.8. The number of hydrogen-bond acceptors (Lipinski definition) is 5. The number of piperazine rings is 1. The van der Waals surface area contributed by atoms with Crippen LogP contribution in [0.15, 0.2) is 48.7 Å². The molecule has 0 unspecified atom stereocenters. The Balaban J connectivity index is 1.47. The second kappa shape index (κ2) is 10.7. The quantitative estimate of drug-likeness (QED) is 0.520. The monoisotopic (exact) mass is 514 g/mol. The summed E-state index contributed by atoms with van der Waals surface area (Å²) < 4.78 is 41.1. The molecule has 1 saturated heterocycles. The Morgan fingerprint density at radius 1 is 0.973 bits per heavy atom. The van der Waals surface area contributed by atoms with Gasteiger partial charge in [-0.2, -0.15) is 18.3 Å². The van der Waals surface area contributed by atoms with Gasteiger partial charge in [-0.25, -0.2) is 0 Å². The highest BCUT2D eigenvalue weighted by Crippen LogP contribution is 2.33. The zero-order valence-corrected chi connectivity index (χ0v) is 20.9. The standard InChI is InChI=1S/C26H29F3N6O2/c1-17-7-8-20(14-21(17)26(27,28)29)30-25(37)23-22(16-34(3)32-23)31-24(36)19-6-4-5-18(13-19)15-35-11-9-33(2)10-12-35/h4-8,13-14,16H,9-12,15H2,1-3H3,(H,30,37)(H,31,36). The second-order valence-electron chi connectivity index (χ2n) is 9.28. The van der Waals surface area contributed by atoms with Crippen LogP contribution in [0.2, 0.25) is 0 Å². The van der Waals surface area contributed by atoms with Crippen molar-refractivity contribution < 1.29 is 22.8 Å². The molecule has 2 amide bonds. The number of benzene rings is 2. The van der Waals surface area contributed by atoms with Crippen LogP contribution in [0.1, 0.15) is 37.5 Å². The maximum atomic E-state index is 13.3. The highest BCUT2D eigenvalue weighted by molar-refractivity contribution is 6.11. The van der Waals surface area contributed by atoms with Gasteiger partial charge in [0.15, 0.2) is 5.69 Å². The first-order valence-electron chi connectivity index (χ1n) is 11.8. The van der Waals surface area contributed by atoms with E-state index in [1.807, 2.05) is 18.2 Å². The molecular weight excluding hydrogens is 485 g/mol. The minimum absolute atomic E-state index is 0.0255. The van der Waals surface area contributed by atoms with Crippen LogP contribution in [0, 0.1) is 6.92 Å². The topological polar surface area (TPSA) is 82.5 Å². The fourth-order valence-electron chi connectivity index (χ4n) is 4.21. The predicted molar refractivity (Wildman–Crippen MR) is 135 cm³/mol. The molecule has 0 radical (unpaired) electrons. The number of carbonyl (C=O) groups is 2. The molecule has 0 bridgehead atoms. The van der Waals surface area contributed by atoms with Crippen molar-refractivity contribution in [2.75, 3.05) is 43.9 Å². The van der Waals surface area contributed by atoms with Crippen LogP contribution >= 0.6 is 0 Å². The summed E-state index contributed by atoms with van der Waals surface area (Å²) in [5, 5.41) is 9.26. The average molecular weight is 515 g/mol. The molecule has 4 rings (SSSR count). The van der Waals surface area contributed by atoms with E-state index in [2.05, 4.69) is 32.6 Å². The third-order valence-corrected chi connectivity index (χ3v) is 6.28. The number of alkyl halides is 3. The van der Waals surface area contributed by atoms with Crippen molar-refractivity contribution in [3.8, 4) is 0 Å². The molecule has 196 valence electrons. The van der Waals surface area contributed by atoms with E-state index < -0.39 is 23.6 Å². The van der Waals surface area contributed by atoms with Gasteiger partial charge in [0.1, 0.15) is 0 Å². The van der Waals surface area contributed by atoms with E-state index in [1.54, 1.807) is 13.1 Å². The van der Waals surface area contributed by atoms with Crippen LogP contribution in [-0.2, 0) is 19.8 Å². The maximum Gasteiger partial charge on any atom is 0.416 e. The summed E-state index contributed by atoms with van der Waals surface area (Å²) in [4.78, 5) is 30.5. The molecular formula is C26H29F3N6O2. The zero-order chi connectivity index (χ0) is 26.7. The molecule has 1 aliphatic heterocycles. The van der Waals surface area contributed by atoms with Crippen LogP contribution in [0.5, 0.6) is 0 Å². The van der Waals surface area contributed by atoms with Gasteiger partial charge in [-0.1, -0.05) is 18.2 Å². The van der Waals surface area contributed by atoms with Crippen molar-refractivity contribution in [1.29, 1.82) is 0 Å². The number of amides is 2. The van der Waals surface area contributed by atoms with E-state index in [0.29, 0.717) is 5.56 Å². The first kappa shape index (κ1) is 26.4. The van der Waals surface area contributed by atoms with Crippen molar-refractivity contribution in [1.82, 2.24) is 19.6 Å². The van der Waals surface area contributed by atoms with Gasteiger partial charge >= 0.3 is 6.18 Å². The number of anilines is 2. The van der Waals surface area contributed by atoms with E-state index in [4.69, 9.17) is 0 Å². The molecule has 37 heavy (non-hydrogen) atoms. The van der Waals surface area contributed by atoms with Gasteiger partial charge in [0.05, 0.1) is 11.3 Å². The minimum Gasteiger partial charge on any atom is -0.321 e. The lowest BCUT2D eigenvalue weighted by molar-refractivity contribution is -0.138. The molecule has 2 heterocycles. The Kier molecular flexibility index (Phi) is 7.65. The molecule has 2 aromatic carbocycles. The molecule has 1 aliphatic rings. The number of halogens is 3. The van der Waals surface area contributed by atoms with Gasteiger partial charge < -0.3 is 15.5 Å². The molecule has 8 nitrogen and oxygen atoms in total. The largest absolute Gasteiger partial charge is 0.416 e. The minimum atomic E-state index is -4.55. The Morgan fingerprint density at radius 2 is 1.70 bits per heavy atom. The van der Waals surface area contributed by atoms with Gasteiger partial charge in [-0.3, -0.25) is 19.2 Å². The van der Waals surface area contributed by atoms with Crippen molar-refractivity contribution >= 4 is 23.2 Å². The fourth-order valence-corrected chi connectivity index (χ4v) is 4.21.